The van der Waals surface area contributed by atoms with Crippen LogP contribution < -0.4 is 10.1 Å². The number of hydrogen-bond acceptors (Lipinski definition) is 3. The fraction of sp³-hybridized carbons (Fsp3) is 0.364. The molecule has 160 valence electrons. The molecule has 2 amide bonds. The summed E-state index contributed by atoms with van der Waals surface area (Å²) in [5.41, 5.74) is 1.51. The maximum Gasteiger partial charge on any atom is 0.387 e. The molecule has 1 heterocycles. The molecule has 0 bridgehead atoms. The van der Waals surface area contributed by atoms with Gasteiger partial charge in [0.2, 0.25) is 5.91 Å². The van der Waals surface area contributed by atoms with Gasteiger partial charge in [-0.1, -0.05) is 23.7 Å². The van der Waals surface area contributed by atoms with E-state index in [0.29, 0.717) is 49.5 Å². The molecule has 0 saturated carbocycles. The van der Waals surface area contributed by atoms with Crippen LogP contribution in [0.25, 0.3) is 0 Å². The number of amides is 2. The summed E-state index contributed by atoms with van der Waals surface area (Å²) in [6.45, 7) is -1.32. The Morgan fingerprint density at radius 1 is 1.07 bits per heavy atom. The fourth-order valence-corrected chi connectivity index (χ4v) is 3.56. The maximum atomic E-state index is 12.5. The van der Waals surface area contributed by atoms with Crippen LogP contribution in [-0.2, 0) is 11.2 Å². The molecule has 2 aromatic rings. The number of hydrogen-bond donors (Lipinski definition) is 1. The molecule has 3 rings (SSSR count). The van der Waals surface area contributed by atoms with Crippen molar-refractivity contribution in [1.82, 2.24) is 10.2 Å². The van der Waals surface area contributed by atoms with Crippen molar-refractivity contribution in [2.75, 3.05) is 19.6 Å². The third-order valence-corrected chi connectivity index (χ3v) is 5.36. The highest BCUT2D eigenvalue weighted by atomic mass is 35.5. The molecule has 0 aliphatic carbocycles. The Bertz CT molecular complexity index is 852. The lowest BCUT2D eigenvalue weighted by molar-refractivity contribution is -0.126. The van der Waals surface area contributed by atoms with E-state index in [4.69, 9.17) is 11.6 Å². The third-order valence-electron chi connectivity index (χ3n) is 5.11. The molecule has 8 heteroatoms. The second kappa shape index (κ2) is 10.4. The minimum atomic E-state index is -2.84. The summed E-state index contributed by atoms with van der Waals surface area (Å²) in [6.07, 6.45) is 1.82. The number of benzene rings is 2. The van der Waals surface area contributed by atoms with Gasteiger partial charge in [0.15, 0.2) is 0 Å². The van der Waals surface area contributed by atoms with Crippen molar-refractivity contribution in [3.05, 3.63) is 64.7 Å². The predicted octanol–water partition coefficient (Wildman–Crippen LogP) is 4.15. The fourth-order valence-electron chi connectivity index (χ4n) is 3.43. The monoisotopic (exact) mass is 436 g/mol. The van der Waals surface area contributed by atoms with Crippen molar-refractivity contribution in [3.8, 4) is 5.75 Å². The van der Waals surface area contributed by atoms with Gasteiger partial charge in [0.05, 0.1) is 0 Å². The van der Waals surface area contributed by atoms with E-state index >= 15 is 0 Å². The second-order valence-electron chi connectivity index (χ2n) is 7.14. The highest BCUT2D eigenvalue weighted by molar-refractivity contribution is 6.30. The van der Waals surface area contributed by atoms with Gasteiger partial charge >= 0.3 is 6.61 Å². The summed E-state index contributed by atoms with van der Waals surface area (Å²) < 4.78 is 28.6. The maximum absolute atomic E-state index is 12.5. The van der Waals surface area contributed by atoms with Crippen LogP contribution in [-0.4, -0.2) is 43.0 Å². The summed E-state index contributed by atoms with van der Waals surface area (Å²) in [7, 11) is 0. The molecule has 0 unspecified atom stereocenters. The van der Waals surface area contributed by atoms with Gasteiger partial charge in [0, 0.05) is 36.1 Å². The van der Waals surface area contributed by atoms with E-state index in [1.807, 2.05) is 0 Å². The number of piperidine rings is 1. The molecule has 0 aromatic heterocycles. The standard InChI is InChI=1S/C22H23ClF2N2O3/c23-18-5-3-17(4-6-18)21(29)27-13-10-16(11-14-27)20(28)26-12-9-15-1-7-19(8-2-15)30-22(24)25/h1-8,16,22H,9-14H2,(H,26,28). The van der Waals surface area contributed by atoms with Crippen molar-refractivity contribution >= 4 is 23.4 Å². The Hall–Kier alpha value is -2.67. The Balaban J connectivity index is 1.40. The zero-order valence-electron chi connectivity index (χ0n) is 16.3. The summed E-state index contributed by atoms with van der Waals surface area (Å²) in [6, 6.07) is 13.1. The highest BCUT2D eigenvalue weighted by Crippen LogP contribution is 2.20. The third kappa shape index (κ3) is 6.16. The van der Waals surface area contributed by atoms with Gasteiger partial charge in [0.25, 0.3) is 5.91 Å². The number of carbonyl (C=O) groups is 2. The van der Waals surface area contributed by atoms with E-state index in [1.165, 1.54) is 12.1 Å². The molecule has 1 N–H and O–H groups in total. The van der Waals surface area contributed by atoms with Gasteiger partial charge in [-0.05, 0) is 61.2 Å². The first-order valence-corrected chi connectivity index (χ1v) is 10.2. The quantitative estimate of drug-likeness (QED) is 0.709. The SMILES string of the molecule is O=C(NCCc1ccc(OC(F)F)cc1)C1CCN(C(=O)c2ccc(Cl)cc2)CC1. The van der Waals surface area contributed by atoms with Gasteiger partial charge < -0.3 is 15.0 Å². The molecule has 1 aliphatic heterocycles. The van der Waals surface area contributed by atoms with Crippen LogP contribution in [0, 0.1) is 5.92 Å². The highest BCUT2D eigenvalue weighted by Gasteiger charge is 2.27. The number of nitrogens with one attached hydrogen (secondary N) is 1. The molecule has 0 spiro atoms. The van der Waals surface area contributed by atoms with Gasteiger partial charge in [-0.15, -0.1) is 0 Å². The average Bonchev–Trinajstić information content (AvgIpc) is 2.75. The van der Waals surface area contributed by atoms with E-state index in [0.717, 1.165) is 5.56 Å². The van der Waals surface area contributed by atoms with Gasteiger partial charge in [-0.25, -0.2) is 0 Å². The van der Waals surface area contributed by atoms with Crippen molar-refractivity contribution in [1.29, 1.82) is 0 Å². The molecule has 0 radical (unpaired) electrons. The normalized spacial score (nSPS) is 14.6. The van der Waals surface area contributed by atoms with Crippen molar-refractivity contribution in [3.63, 3.8) is 0 Å². The Labute approximate surface area is 179 Å². The second-order valence-corrected chi connectivity index (χ2v) is 7.57. The van der Waals surface area contributed by atoms with Gasteiger partial charge in [-0.3, -0.25) is 9.59 Å². The molecule has 1 aliphatic rings. The van der Waals surface area contributed by atoms with E-state index < -0.39 is 6.61 Å². The summed E-state index contributed by atoms with van der Waals surface area (Å²) in [5.74, 6) is -0.0881. The van der Waals surface area contributed by atoms with Crippen LogP contribution in [0.3, 0.4) is 0 Å². The molecular weight excluding hydrogens is 414 g/mol. The molecule has 2 aromatic carbocycles. The lowest BCUT2D eigenvalue weighted by Gasteiger charge is -2.31. The number of alkyl halides is 2. The van der Waals surface area contributed by atoms with Crippen LogP contribution in [0.5, 0.6) is 5.75 Å². The van der Waals surface area contributed by atoms with Crippen molar-refractivity contribution < 1.29 is 23.1 Å². The first-order chi connectivity index (χ1) is 14.4. The smallest absolute Gasteiger partial charge is 0.387 e. The zero-order valence-corrected chi connectivity index (χ0v) is 17.1. The summed E-state index contributed by atoms with van der Waals surface area (Å²) >= 11 is 5.86. The lowest BCUT2D eigenvalue weighted by atomic mass is 9.95. The first-order valence-electron chi connectivity index (χ1n) is 9.78. The van der Waals surface area contributed by atoms with E-state index in [9.17, 15) is 18.4 Å². The van der Waals surface area contributed by atoms with Crippen LogP contribution in [0.1, 0.15) is 28.8 Å². The number of carbonyl (C=O) groups excluding carboxylic acids is 2. The largest absolute Gasteiger partial charge is 0.435 e. The molecule has 1 fully saturated rings. The van der Waals surface area contributed by atoms with Crippen molar-refractivity contribution in [2.24, 2.45) is 5.92 Å². The average molecular weight is 437 g/mol. The predicted molar refractivity (Wildman–Crippen MR) is 110 cm³/mol. The Morgan fingerprint density at radius 3 is 2.30 bits per heavy atom. The molecule has 5 nitrogen and oxygen atoms in total. The molecule has 0 atom stereocenters. The number of rotatable bonds is 7. The van der Waals surface area contributed by atoms with E-state index in [1.54, 1.807) is 41.3 Å². The minimum Gasteiger partial charge on any atom is -0.435 e. The molecule has 30 heavy (non-hydrogen) atoms. The summed E-state index contributed by atoms with van der Waals surface area (Å²) in [4.78, 5) is 26.7. The summed E-state index contributed by atoms with van der Waals surface area (Å²) in [5, 5.41) is 3.50. The van der Waals surface area contributed by atoms with Crippen LogP contribution in [0.4, 0.5) is 8.78 Å². The Morgan fingerprint density at radius 2 is 1.70 bits per heavy atom. The lowest BCUT2D eigenvalue weighted by Crippen LogP contribution is -2.43. The number of halogens is 3. The van der Waals surface area contributed by atoms with Crippen LogP contribution in [0.2, 0.25) is 5.02 Å². The molecule has 1 saturated heterocycles. The van der Waals surface area contributed by atoms with E-state index in [-0.39, 0.29) is 23.5 Å². The first kappa shape index (κ1) is 22.0. The molecular formula is C22H23ClF2N2O3. The van der Waals surface area contributed by atoms with Crippen LogP contribution in [0.15, 0.2) is 48.5 Å². The number of likely N-dealkylation sites (tertiary alicyclic amines) is 1. The number of nitrogens with zero attached hydrogens (tertiary/aromatic N) is 1. The van der Waals surface area contributed by atoms with Gasteiger partial charge in [-0.2, -0.15) is 8.78 Å². The van der Waals surface area contributed by atoms with Crippen molar-refractivity contribution in [2.45, 2.75) is 25.9 Å². The Kier molecular flexibility index (Phi) is 7.63. The number of ether oxygens (including phenoxy) is 1. The van der Waals surface area contributed by atoms with E-state index in [2.05, 4.69) is 10.1 Å². The topological polar surface area (TPSA) is 58.6 Å². The van der Waals surface area contributed by atoms with Gasteiger partial charge in [0.1, 0.15) is 5.75 Å². The minimum absolute atomic E-state index is 0.0220. The van der Waals surface area contributed by atoms with Crippen LogP contribution >= 0.6 is 11.6 Å². The zero-order chi connectivity index (χ0) is 21.5.